The summed E-state index contributed by atoms with van der Waals surface area (Å²) in [4.78, 5) is 27.2. The Morgan fingerprint density at radius 2 is 1.78 bits per heavy atom. The molecule has 0 saturated carbocycles. The second-order valence-electron chi connectivity index (χ2n) is 5.58. The largest absolute Gasteiger partial charge is 0.419 e. The molecule has 1 aromatic rings. The molecule has 1 saturated heterocycles. The number of fused-ring (bicyclic) bond motifs is 1. The van der Waals surface area contributed by atoms with Crippen LogP contribution in [0.15, 0.2) is 51.9 Å². The van der Waals surface area contributed by atoms with E-state index in [1.807, 2.05) is 24.3 Å². The predicted molar refractivity (Wildman–Crippen MR) is 87.7 cm³/mol. The van der Waals surface area contributed by atoms with Crippen LogP contribution >= 0.6 is 11.8 Å². The predicted octanol–water partition coefficient (Wildman–Crippen LogP) is 3.22. The van der Waals surface area contributed by atoms with E-state index in [9.17, 15) is 9.59 Å². The molecule has 0 amide bonds. The summed E-state index contributed by atoms with van der Waals surface area (Å²) in [5, 5.41) is 0.951. The molecule has 5 nitrogen and oxygen atoms in total. The van der Waals surface area contributed by atoms with Crippen molar-refractivity contribution in [3.8, 4) is 0 Å². The summed E-state index contributed by atoms with van der Waals surface area (Å²) in [7, 11) is 0. The van der Waals surface area contributed by atoms with E-state index in [2.05, 4.69) is 11.8 Å². The van der Waals surface area contributed by atoms with E-state index in [0.717, 1.165) is 22.2 Å². The Hall–Kier alpha value is -2.21. The molecule has 0 spiro atoms. The van der Waals surface area contributed by atoms with Crippen LogP contribution in [0.1, 0.15) is 20.8 Å². The van der Waals surface area contributed by atoms with Crippen molar-refractivity contribution in [1.29, 1.82) is 0 Å². The molecule has 2 aliphatic heterocycles. The molecule has 1 fully saturated rings. The van der Waals surface area contributed by atoms with Crippen LogP contribution < -0.4 is 4.90 Å². The molecular formula is C17H17NO4S. The number of allylic oxidation sites excluding steroid dienone is 2. The number of ether oxygens (including phenoxy) is 2. The molecule has 0 atom stereocenters. The fourth-order valence-electron chi connectivity index (χ4n) is 2.45. The Kier molecular flexibility index (Phi) is 3.93. The highest BCUT2D eigenvalue weighted by atomic mass is 32.2. The molecule has 23 heavy (non-hydrogen) atoms. The van der Waals surface area contributed by atoms with Crippen LogP contribution in [-0.2, 0) is 19.1 Å². The number of cyclic esters (lactones) is 2. The first-order valence-electron chi connectivity index (χ1n) is 7.34. The molecule has 2 heterocycles. The first kappa shape index (κ1) is 15.7. The average Bonchev–Trinajstić information content (AvgIpc) is 2.82. The van der Waals surface area contributed by atoms with Crippen molar-refractivity contribution in [2.75, 3.05) is 11.4 Å². The molecule has 1 aromatic carbocycles. The zero-order chi connectivity index (χ0) is 16.6. The number of hydrogen-bond acceptors (Lipinski definition) is 6. The van der Waals surface area contributed by atoms with Gasteiger partial charge in [0.15, 0.2) is 0 Å². The Morgan fingerprint density at radius 3 is 2.43 bits per heavy atom. The van der Waals surface area contributed by atoms with E-state index in [1.54, 1.807) is 17.8 Å². The number of esters is 2. The molecule has 0 bridgehead atoms. The molecule has 0 aliphatic carbocycles. The minimum atomic E-state index is -1.22. The monoisotopic (exact) mass is 331 g/mol. The number of carbonyl (C=O) groups excluding carboxylic acids is 2. The van der Waals surface area contributed by atoms with Gasteiger partial charge in [0, 0.05) is 25.3 Å². The SMILES string of the molecule is CCN1C(=CC=C2C(=O)OC(C)(C)OC2=O)Sc2ccccc21. The summed E-state index contributed by atoms with van der Waals surface area (Å²) in [5.74, 6) is -2.54. The lowest BCUT2D eigenvalue weighted by Gasteiger charge is -2.29. The van der Waals surface area contributed by atoms with Crippen LogP contribution in [0, 0.1) is 0 Å². The van der Waals surface area contributed by atoms with Gasteiger partial charge in [0.05, 0.1) is 10.7 Å². The van der Waals surface area contributed by atoms with Crippen molar-refractivity contribution in [2.45, 2.75) is 31.5 Å². The number of hydrogen-bond donors (Lipinski definition) is 0. The molecule has 120 valence electrons. The van der Waals surface area contributed by atoms with Crippen LogP contribution in [0.4, 0.5) is 5.69 Å². The fraction of sp³-hybridized carbons (Fsp3) is 0.294. The third-order valence-corrected chi connectivity index (χ3v) is 4.59. The minimum absolute atomic E-state index is 0.0931. The normalized spacial score (nSPS) is 21.1. The third kappa shape index (κ3) is 2.99. The number of carbonyl (C=O) groups is 2. The Labute approximate surface area is 138 Å². The van der Waals surface area contributed by atoms with E-state index in [1.165, 1.54) is 19.9 Å². The van der Waals surface area contributed by atoms with Crippen molar-refractivity contribution < 1.29 is 19.1 Å². The maximum atomic E-state index is 12.0. The lowest BCUT2D eigenvalue weighted by atomic mass is 10.2. The molecule has 0 aromatic heterocycles. The number of benzene rings is 1. The summed E-state index contributed by atoms with van der Waals surface area (Å²) in [6, 6.07) is 8.06. The maximum Gasteiger partial charge on any atom is 0.348 e. The van der Waals surface area contributed by atoms with Crippen LogP contribution in [0.2, 0.25) is 0 Å². The fourth-order valence-corrected chi connectivity index (χ4v) is 3.58. The van der Waals surface area contributed by atoms with Gasteiger partial charge in [0.25, 0.3) is 5.79 Å². The average molecular weight is 331 g/mol. The van der Waals surface area contributed by atoms with Crippen molar-refractivity contribution in [3.63, 3.8) is 0 Å². The van der Waals surface area contributed by atoms with E-state index in [4.69, 9.17) is 9.47 Å². The number of thioether (sulfide) groups is 1. The lowest BCUT2D eigenvalue weighted by molar-refractivity contribution is -0.222. The van der Waals surface area contributed by atoms with Crippen molar-refractivity contribution in [3.05, 3.63) is 47.0 Å². The zero-order valence-corrected chi connectivity index (χ0v) is 14.0. The molecule has 6 heteroatoms. The van der Waals surface area contributed by atoms with Gasteiger partial charge in [-0.05, 0) is 31.2 Å². The van der Waals surface area contributed by atoms with E-state index < -0.39 is 17.7 Å². The van der Waals surface area contributed by atoms with Gasteiger partial charge in [-0.25, -0.2) is 9.59 Å². The maximum absolute atomic E-state index is 12.0. The van der Waals surface area contributed by atoms with Gasteiger partial charge in [-0.15, -0.1) is 0 Å². The Balaban J connectivity index is 1.88. The highest BCUT2D eigenvalue weighted by Crippen LogP contribution is 2.45. The summed E-state index contributed by atoms with van der Waals surface area (Å²) >= 11 is 1.60. The summed E-state index contributed by atoms with van der Waals surface area (Å²) in [6.07, 6.45) is 3.22. The highest BCUT2D eigenvalue weighted by molar-refractivity contribution is 8.03. The van der Waals surface area contributed by atoms with Gasteiger partial charge in [0.2, 0.25) is 0 Å². The van der Waals surface area contributed by atoms with Crippen LogP contribution in [0.5, 0.6) is 0 Å². The van der Waals surface area contributed by atoms with Gasteiger partial charge in [-0.3, -0.25) is 0 Å². The number of anilines is 1. The van der Waals surface area contributed by atoms with Crippen molar-refractivity contribution in [1.82, 2.24) is 0 Å². The molecule has 0 N–H and O–H groups in total. The summed E-state index contributed by atoms with van der Waals surface area (Å²) in [5.41, 5.74) is 1.03. The standard InChI is InChI=1S/C17H17NO4S/c1-4-18-12-7-5-6-8-13(12)23-14(18)10-9-11-15(19)21-17(2,3)22-16(11)20/h5-10H,4H2,1-3H3. The number of para-hydroxylation sites is 1. The molecule has 0 unspecified atom stereocenters. The third-order valence-electron chi connectivity index (χ3n) is 3.46. The van der Waals surface area contributed by atoms with E-state index in [0.29, 0.717) is 0 Å². The summed E-state index contributed by atoms with van der Waals surface area (Å²) in [6.45, 7) is 5.90. The highest BCUT2D eigenvalue weighted by Gasteiger charge is 2.38. The van der Waals surface area contributed by atoms with Gasteiger partial charge in [-0.1, -0.05) is 23.9 Å². The molecule has 0 radical (unpaired) electrons. The van der Waals surface area contributed by atoms with Gasteiger partial charge in [-0.2, -0.15) is 0 Å². The number of nitrogens with zero attached hydrogens (tertiary/aromatic N) is 1. The van der Waals surface area contributed by atoms with Crippen LogP contribution in [0.25, 0.3) is 0 Å². The zero-order valence-electron chi connectivity index (χ0n) is 13.2. The second kappa shape index (κ2) is 5.77. The first-order chi connectivity index (χ1) is 10.9. The number of rotatable bonds is 2. The summed E-state index contributed by atoms with van der Waals surface area (Å²) < 4.78 is 10.2. The lowest BCUT2D eigenvalue weighted by Crippen LogP contribution is -2.41. The van der Waals surface area contributed by atoms with E-state index in [-0.39, 0.29) is 5.57 Å². The van der Waals surface area contributed by atoms with Gasteiger partial charge >= 0.3 is 11.9 Å². The Morgan fingerprint density at radius 1 is 1.13 bits per heavy atom. The first-order valence-corrected chi connectivity index (χ1v) is 8.16. The minimum Gasteiger partial charge on any atom is -0.419 e. The van der Waals surface area contributed by atoms with Gasteiger partial charge in [0.1, 0.15) is 5.57 Å². The molecule has 3 rings (SSSR count). The van der Waals surface area contributed by atoms with Crippen molar-refractivity contribution >= 4 is 29.4 Å². The molecule has 2 aliphatic rings. The van der Waals surface area contributed by atoms with Gasteiger partial charge < -0.3 is 14.4 Å². The molecular weight excluding hydrogens is 314 g/mol. The quantitative estimate of drug-likeness (QED) is 0.471. The van der Waals surface area contributed by atoms with Crippen LogP contribution in [-0.4, -0.2) is 24.3 Å². The second-order valence-corrected chi connectivity index (χ2v) is 6.64. The van der Waals surface area contributed by atoms with E-state index >= 15 is 0 Å². The Bertz CT molecular complexity index is 714. The smallest absolute Gasteiger partial charge is 0.348 e. The van der Waals surface area contributed by atoms with Crippen LogP contribution in [0.3, 0.4) is 0 Å². The van der Waals surface area contributed by atoms with Crippen molar-refractivity contribution in [2.24, 2.45) is 0 Å². The topological polar surface area (TPSA) is 55.8 Å².